The van der Waals surface area contributed by atoms with E-state index >= 15 is 35.1 Å². The monoisotopic (exact) mass is 2010 g/mol. The number of hydrogen-bond donors (Lipinski definition) is 8. The van der Waals surface area contributed by atoms with Crippen LogP contribution in [-0.4, -0.2) is 200 Å². The molecule has 4 bridgehead atoms. The summed E-state index contributed by atoms with van der Waals surface area (Å²) in [6, 6.07) is 20.1. The zero-order valence-electron chi connectivity index (χ0n) is 78.2. The molecule has 0 saturated carbocycles. The average molecular weight is 2010 g/mol. The summed E-state index contributed by atoms with van der Waals surface area (Å²) in [4.78, 5) is 110. The number of alkyl carbamates (subject to hydrolysis) is 1. The number of nitrogens with two attached hydrogens (primary N) is 1. The molecule has 6 saturated heterocycles. The first-order chi connectivity index (χ1) is 65.8. The molecule has 8 aromatic rings. The van der Waals surface area contributed by atoms with Gasteiger partial charge in [-0.25, -0.2) is 63.0 Å². The van der Waals surface area contributed by atoms with Gasteiger partial charge in [0, 0.05) is 96.6 Å². The zero-order valence-corrected chi connectivity index (χ0v) is 79.0. The van der Waals surface area contributed by atoms with Crippen molar-refractivity contribution in [3.63, 3.8) is 0 Å². The van der Waals surface area contributed by atoms with Gasteiger partial charge in [-0.05, 0) is 227 Å². The van der Waals surface area contributed by atoms with Gasteiger partial charge >= 0.3 is 29.8 Å². The van der Waals surface area contributed by atoms with Gasteiger partial charge in [0.2, 0.25) is 15.9 Å². The van der Waals surface area contributed by atoms with E-state index in [2.05, 4.69) is 64.5 Å². The molecule has 44 heteroatoms. The fourth-order valence-electron chi connectivity index (χ4n) is 17.4. The highest BCUT2D eigenvalue weighted by molar-refractivity contribution is 7.88. The van der Waals surface area contributed by atoms with Gasteiger partial charge in [0.25, 0.3) is 35.4 Å². The van der Waals surface area contributed by atoms with E-state index in [1.807, 2.05) is 0 Å². The largest absolute Gasteiger partial charge is 0.453 e. The van der Waals surface area contributed by atoms with E-state index in [1.54, 1.807) is 27.7 Å². The average Bonchev–Trinajstić information content (AvgIpc) is 0.760. The molecule has 0 aliphatic carbocycles. The Morgan fingerprint density at radius 2 is 0.773 bits per heavy atom. The SMILES string of the molecule is C=C(N1[C@@H]2COC[C@H]1CC(NC(=O)OC)C2)C(F)(F)c1cc(C(=O)Nc2ccc(F)c(C)c2)ccc1F.C=C(N1[C@@H]2COC[C@H]1CC(NS(C)(=O)=O)C2)C(F)(F)c1cc(C(=O)Nc2ccc(F)c(C)c2)ccc1F.CC(=O)NC1CCN(C(=O)C(F)(F)c2nc(C(=O)Nc3ccc(F)c(C)c3)ccc2F)CC1(C)C.Cc1cc(NC(=O)c2ccc(F)c(C(F)(F)C(=O)N3CCC(N)C(C)(C)C3)n2)ccc1F. The molecule has 6 aliphatic rings. The lowest BCUT2D eigenvalue weighted by atomic mass is 9.79. The number of allylic oxidation sites excluding steroid dienone is 2. The Hall–Kier alpha value is -13.1. The minimum absolute atomic E-state index is 0.00470. The number of sulfonamides is 1. The molecule has 14 rings (SSSR count). The van der Waals surface area contributed by atoms with Crippen molar-refractivity contribution in [1.29, 1.82) is 0 Å². The standard InChI is InChI=1S/C26H27F4N3O4.C25H27F4N3O4S.C24H26F4N4O3.C22H24F4N4O2/c1-14-8-17(5-7-22(14)27)31-24(34)16-4-6-23(28)21(9-16)26(29,30)15(2)33-19-10-18(32-25(35)36-3)11-20(33)13-37-12-19;1-14-8-17(5-7-22(14)26)30-24(33)16-4-6-23(27)21(9-16)25(28,29)15(2)32-19-10-18(31-37(3,34)35)11-20(32)13-36-12-19;1-13-11-15(5-6-16(13)25)30-21(34)18-8-7-17(26)20(31-18)24(27,28)22(35)32-10-9-19(29-14(2)33)23(3,4)12-32;1-12-10-13(4-5-14(12)23)28-19(31)16-7-6-15(24)18(29-16)22(25,26)20(32)30-9-8-17(27)21(2,3)11-30/h4-9,18-20H,2,10-13H2,1,3H3,(H,31,34)(H,32,35);4-9,18-20,31H,2,10-13H2,1,3H3,(H,30,33);5-8,11,19H,9-10,12H2,1-4H3,(H,29,33)(H,30,34);4-7,10,17H,8-9,11,27H2,1-3H3,(H,28,31)/t2*18?,19-,20+;;. The number of aryl methyl sites for hydroxylation is 4. The maximum Gasteiger partial charge on any atom is 0.407 e. The molecule has 758 valence electrons. The molecule has 8 atom stereocenters. The molecule has 0 radical (unpaired) electrons. The summed E-state index contributed by atoms with van der Waals surface area (Å²) < 4.78 is 277. The number of pyridine rings is 2. The summed E-state index contributed by atoms with van der Waals surface area (Å²) in [6.45, 7) is 21.7. The van der Waals surface area contributed by atoms with Gasteiger partial charge in [0.15, 0.2) is 23.0 Å². The smallest absolute Gasteiger partial charge is 0.407 e. The summed E-state index contributed by atoms with van der Waals surface area (Å²) in [5.74, 6) is -30.4. The second kappa shape index (κ2) is 43.6. The van der Waals surface area contributed by atoms with Crippen molar-refractivity contribution in [3.05, 3.63) is 272 Å². The van der Waals surface area contributed by atoms with Crippen LogP contribution in [0, 0.1) is 85.1 Å². The molecular weight excluding hydrogens is 1910 g/mol. The summed E-state index contributed by atoms with van der Waals surface area (Å²) >= 11 is 0. The fraction of sp³-hybridized carbons (Fsp3) is 0.402. The maximum absolute atomic E-state index is 15.7. The van der Waals surface area contributed by atoms with Crippen molar-refractivity contribution in [1.82, 2.24) is 44.9 Å². The summed E-state index contributed by atoms with van der Waals surface area (Å²) in [7, 11) is -2.26. The number of carbonyl (C=O) groups excluding carboxylic acids is 8. The number of carbonyl (C=O) groups is 8. The quantitative estimate of drug-likeness (QED) is 0.0292. The highest BCUT2D eigenvalue weighted by atomic mass is 32.2. The summed E-state index contributed by atoms with van der Waals surface area (Å²) in [5, 5.41) is 15.2. The summed E-state index contributed by atoms with van der Waals surface area (Å²) in [6.07, 6.45) is 2.01. The van der Waals surface area contributed by atoms with E-state index in [9.17, 15) is 81.9 Å². The van der Waals surface area contributed by atoms with Crippen LogP contribution in [0.4, 0.5) is 97.8 Å². The molecule has 4 unspecified atom stereocenters. The van der Waals surface area contributed by atoms with Gasteiger partial charge < -0.3 is 71.4 Å². The first-order valence-corrected chi connectivity index (χ1v) is 46.0. The minimum Gasteiger partial charge on any atom is -0.453 e. The van der Waals surface area contributed by atoms with Crippen molar-refractivity contribution in [2.24, 2.45) is 16.6 Å². The number of hydrogen-bond acceptors (Lipinski definition) is 18. The number of morpholine rings is 2. The number of alkyl halides is 8. The van der Waals surface area contributed by atoms with Crippen LogP contribution in [0.5, 0.6) is 0 Å². The van der Waals surface area contributed by atoms with Gasteiger partial charge in [-0.1, -0.05) is 40.9 Å². The predicted octanol–water partition coefficient (Wildman–Crippen LogP) is 16.0. The number of amides is 8. The fourth-order valence-corrected chi connectivity index (χ4v) is 18.2. The molecule has 8 heterocycles. The lowest BCUT2D eigenvalue weighted by Crippen LogP contribution is -2.61. The molecule has 27 nitrogen and oxygen atoms in total. The minimum atomic E-state index is -4.34. The Labute approximate surface area is 801 Å². The van der Waals surface area contributed by atoms with Crippen molar-refractivity contribution in [2.75, 3.05) is 87.2 Å². The van der Waals surface area contributed by atoms with Crippen molar-refractivity contribution < 1.29 is 131 Å². The van der Waals surface area contributed by atoms with Crippen LogP contribution < -0.4 is 42.4 Å². The van der Waals surface area contributed by atoms with Crippen LogP contribution in [0.15, 0.2) is 158 Å². The second-order valence-corrected chi connectivity index (χ2v) is 38.3. The zero-order chi connectivity index (χ0) is 104. The number of likely N-dealkylation sites (tertiary alicyclic amines) is 2. The normalized spacial score (nSPS) is 19.9. The number of fused-ring (bicyclic) bond motifs is 4. The van der Waals surface area contributed by atoms with Gasteiger partial charge in [0.05, 0.1) is 86.5 Å². The third-order valence-electron chi connectivity index (χ3n) is 24.9. The lowest BCUT2D eigenvalue weighted by Gasteiger charge is -2.51. The van der Waals surface area contributed by atoms with Gasteiger partial charge in [-0.15, -0.1) is 0 Å². The Bertz CT molecular complexity index is 6230. The first kappa shape index (κ1) is 108. The van der Waals surface area contributed by atoms with E-state index in [0.29, 0.717) is 37.0 Å². The van der Waals surface area contributed by atoms with Crippen LogP contribution >= 0.6 is 0 Å². The molecule has 9 N–H and O–H groups in total. The highest BCUT2D eigenvalue weighted by Crippen LogP contribution is 2.47. The third kappa shape index (κ3) is 25.6. The summed E-state index contributed by atoms with van der Waals surface area (Å²) in [5.41, 5.74) is -0.973. The number of piperidine rings is 4. The molecule has 8 amide bonds. The molecule has 0 spiro atoms. The molecule has 141 heavy (non-hydrogen) atoms. The molecule has 6 aromatic carbocycles. The van der Waals surface area contributed by atoms with Crippen LogP contribution in [0.1, 0.15) is 160 Å². The lowest BCUT2D eigenvalue weighted by molar-refractivity contribution is -0.164. The van der Waals surface area contributed by atoms with Gasteiger partial charge in [-0.3, -0.25) is 33.6 Å². The van der Waals surface area contributed by atoms with E-state index in [0.717, 1.165) is 82.8 Å². The van der Waals surface area contributed by atoms with E-state index in [1.165, 1.54) is 106 Å². The van der Waals surface area contributed by atoms with Gasteiger partial charge in [0.1, 0.15) is 46.3 Å². The Morgan fingerprint density at radius 1 is 0.447 bits per heavy atom. The number of aromatic nitrogens is 2. The van der Waals surface area contributed by atoms with Crippen LogP contribution in [-0.2, 0) is 62.3 Å². The molecule has 6 fully saturated rings. The number of ether oxygens (including phenoxy) is 3. The highest BCUT2D eigenvalue weighted by Gasteiger charge is 2.55. The second-order valence-electron chi connectivity index (χ2n) is 36.5. The maximum atomic E-state index is 15.7. The number of nitrogens with zero attached hydrogens (tertiary/aromatic N) is 6. The van der Waals surface area contributed by atoms with Gasteiger partial charge in [-0.2, -0.15) is 35.1 Å². The third-order valence-corrected chi connectivity index (χ3v) is 25.6. The van der Waals surface area contributed by atoms with Crippen LogP contribution in [0.2, 0.25) is 0 Å². The number of benzene rings is 6. The topological polar surface area (TPSA) is 347 Å². The molecule has 2 aromatic heterocycles. The number of methoxy groups -OCH3 is 1. The van der Waals surface area contributed by atoms with Crippen molar-refractivity contribution in [3.8, 4) is 0 Å². The number of rotatable bonds is 22. The van der Waals surface area contributed by atoms with Crippen LogP contribution in [0.25, 0.3) is 0 Å². The Morgan fingerprint density at radius 3 is 1.10 bits per heavy atom. The Kier molecular flexibility index (Phi) is 33.5. The first-order valence-electron chi connectivity index (χ1n) is 44.1. The predicted molar refractivity (Wildman–Crippen MR) is 487 cm³/mol. The van der Waals surface area contributed by atoms with E-state index < -0.39 is 208 Å². The van der Waals surface area contributed by atoms with Crippen molar-refractivity contribution >= 4 is 80.2 Å². The number of anilines is 4. The molecule has 6 aliphatic heterocycles. The van der Waals surface area contributed by atoms with Crippen LogP contribution in [0.3, 0.4) is 0 Å². The Balaban J connectivity index is 0.000000180. The number of nitrogens with one attached hydrogen (secondary N) is 7. The van der Waals surface area contributed by atoms with Crippen molar-refractivity contribution in [2.45, 2.75) is 173 Å². The van der Waals surface area contributed by atoms with E-state index in [4.69, 9.17) is 15.2 Å². The van der Waals surface area contributed by atoms with E-state index in [-0.39, 0.29) is 146 Å². The number of halogens is 16. The molecular formula is C97H104F16N14O13S.